The summed E-state index contributed by atoms with van der Waals surface area (Å²) >= 11 is 1.89. The molecule has 0 saturated carbocycles. The summed E-state index contributed by atoms with van der Waals surface area (Å²) in [6.07, 6.45) is 5.38. The number of hydrogen-bond donors (Lipinski definition) is 1. The number of amidine groups is 1. The molecule has 0 fully saturated rings. The number of fused-ring (bicyclic) bond motifs is 11. The first-order valence-corrected chi connectivity index (χ1v) is 19.5. The van der Waals surface area contributed by atoms with Gasteiger partial charge in [-0.2, -0.15) is 0 Å². The molecule has 11 rings (SSSR count). The number of benzene rings is 7. The Morgan fingerprint density at radius 2 is 1.31 bits per heavy atom. The Balaban J connectivity index is 1.12. The van der Waals surface area contributed by atoms with Crippen LogP contribution in [0.4, 0.5) is 0 Å². The zero-order valence-electron chi connectivity index (χ0n) is 29.8. The minimum atomic E-state index is -0.161. The largest absolute Gasteiger partial charge is 0.350 e. The normalized spacial score (nSPS) is 18.7. The van der Waals surface area contributed by atoms with Crippen LogP contribution in [0, 0.1) is 0 Å². The lowest BCUT2D eigenvalue weighted by Gasteiger charge is -2.39. The van der Waals surface area contributed by atoms with Crippen LogP contribution in [0.1, 0.15) is 51.8 Å². The molecule has 0 radical (unpaired) electrons. The molecule has 2 aliphatic rings. The Hall–Kier alpha value is -6.14. The van der Waals surface area contributed by atoms with Crippen LogP contribution in [0.25, 0.3) is 58.7 Å². The Morgan fingerprint density at radius 3 is 2.11 bits per heavy atom. The van der Waals surface area contributed by atoms with Gasteiger partial charge < -0.3 is 5.32 Å². The maximum Gasteiger partial charge on any atom is 0.132 e. The highest BCUT2D eigenvalue weighted by atomic mass is 32.1. The van der Waals surface area contributed by atoms with Crippen LogP contribution in [0.2, 0.25) is 0 Å². The predicted molar refractivity (Wildman–Crippen MR) is 227 cm³/mol. The second-order valence-electron chi connectivity index (χ2n) is 14.5. The van der Waals surface area contributed by atoms with Crippen molar-refractivity contribution in [2.45, 2.75) is 24.7 Å². The van der Waals surface area contributed by atoms with Crippen molar-refractivity contribution in [2.24, 2.45) is 4.99 Å². The predicted octanol–water partition coefficient (Wildman–Crippen LogP) is 11.9. The number of aromatic nitrogens is 1. The fourth-order valence-electron chi connectivity index (χ4n) is 9.00. The summed E-state index contributed by atoms with van der Waals surface area (Å²) in [5.41, 5.74) is 8.38. The molecule has 0 spiro atoms. The second-order valence-corrected chi connectivity index (χ2v) is 15.6. The molecule has 2 aromatic heterocycles. The van der Waals surface area contributed by atoms with Crippen LogP contribution in [0.15, 0.2) is 163 Å². The van der Waals surface area contributed by atoms with Crippen molar-refractivity contribution in [1.29, 1.82) is 0 Å². The zero-order valence-corrected chi connectivity index (χ0v) is 30.6. The van der Waals surface area contributed by atoms with Gasteiger partial charge in [0.25, 0.3) is 0 Å². The van der Waals surface area contributed by atoms with Crippen molar-refractivity contribution in [1.82, 2.24) is 15.2 Å². The van der Waals surface area contributed by atoms with Crippen LogP contribution < -0.4 is 5.32 Å². The van der Waals surface area contributed by atoms with E-state index in [-0.39, 0.29) is 18.2 Å². The zero-order chi connectivity index (χ0) is 35.8. The Kier molecular flexibility index (Phi) is 7.26. The lowest BCUT2D eigenvalue weighted by Crippen LogP contribution is -2.46. The van der Waals surface area contributed by atoms with Crippen molar-refractivity contribution in [3.63, 3.8) is 0 Å². The van der Waals surface area contributed by atoms with Gasteiger partial charge in [-0.05, 0) is 69.4 Å². The van der Waals surface area contributed by atoms with Gasteiger partial charge in [0.05, 0.1) is 11.2 Å². The van der Waals surface area contributed by atoms with E-state index in [1.54, 1.807) is 0 Å². The van der Waals surface area contributed by atoms with Crippen LogP contribution in [0.3, 0.4) is 0 Å². The summed E-state index contributed by atoms with van der Waals surface area (Å²) < 4.78 is 2.58. The third-order valence-electron chi connectivity index (χ3n) is 11.5. The molecule has 54 heavy (non-hydrogen) atoms. The van der Waals surface area contributed by atoms with Crippen LogP contribution in [0.5, 0.6) is 0 Å². The fraction of sp³-hybridized carbons (Fsp3) is 0.102. The van der Waals surface area contributed by atoms with Gasteiger partial charge in [0.15, 0.2) is 0 Å². The number of aliphatic imine (C=N–C) groups is 1. The van der Waals surface area contributed by atoms with Crippen molar-refractivity contribution in [3.8, 4) is 0 Å². The van der Waals surface area contributed by atoms with E-state index in [2.05, 4.69) is 181 Å². The highest BCUT2D eigenvalue weighted by Crippen LogP contribution is 2.47. The van der Waals surface area contributed by atoms with Crippen molar-refractivity contribution >= 4 is 75.9 Å². The molecule has 3 heterocycles. The molecular weight excluding hydrogens is 677 g/mol. The van der Waals surface area contributed by atoms with Crippen LogP contribution >= 0.6 is 11.3 Å². The Bertz CT molecular complexity index is 2980. The van der Waals surface area contributed by atoms with Crippen molar-refractivity contribution in [2.75, 3.05) is 7.05 Å². The molecule has 1 aliphatic carbocycles. The highest BCUT2D eigenvalue weighted by molar-refractivity contribution is 7.26. The number of allylic oxidation sites excluding steroid dienone is 1. The molecule has 7 aromatic carbocycles. The first-order valence-electron chi connectivity index (χ1n) is 18.7. The molecule has 1 N–H and O–H groups in total. The van der Waals surface area contributed by atoms with E-state index in [4.69, 9.17) is 9.98 Å². The van der Waals surface area contributed by atoms with Gasteiger partial charge in [-0.25, -0.2) is 4.99 Å². The summed E-state index contributed by atoms with van der Waals surface area (Å²) in [6, 6.07) is 54.5. The number of pyridine rings is 1. The monoisotopic (exact) mass is 712 g/mol. The molecular formula is C49H36N4S. The molecule has 3 atom stereocenters. The smallest absolute Gasteiger partial charge is 0.132 e. The lowest BCUT2D eigenvalue weighted by atomic mass is 9.81. The maximum atomic E-state index is 5.68. The molecule has 0 bridgehead atoms. The van der Waals surface area contributed by atoms with Gasteiger partial charge in [-0.15, -0.1) is 11.3 Å². The standard InChI is InChI=1S/C49H36N4S/c1-53-48(31-17-6-3-7-18-31)51-47(30-15-4-2-5-16-30)52-49(53)39-24-14-25-41-43(39)46-44(38-23-12-13-26-42(38)54-46)45(50-41)32-27-28-37-35-21-9-8-19-33(35)34-20-10-11-22-36(34)40(37)29-32/h2-28,32,48-49H,29H2,1H3,(H,51,52). The van der Waals surface area contributed by atoms with Crippen LogP contribution in [-0.2, 0) is 6.42 Å². The number of hydrogen-bond acceptors (Lipinski definition) is 5. The quantitative estimate of drug-likeness (QED) is 0.185. The van der Waals surface area contributed by atoms with E-state index in [0.717, 1.165) is 34.6 Å². The van der Waals surface area contributed by atoms with E-state index in [1.807, 2.05) is 11.3 Å². The van der Waals surface area contributed by atoms with Gasteiger partial charge in [-0.1, -0.05) is 152 Å². The first kappa shape index (κ1) is 31.4. The first-order chi connectivity index (χ1) is 26.7. The van der Waals surface area contributed by atoms with Crippen molar-refractivity contribution < 1.29 is 0 Å². The molecule has 258 valence electrons. The van der Waals surface area contributed by atoms with Gasteiger partial charge in [0, 0.05) is 37.0 Å². The van der Waals surface area contributed by atoms with Gasteiger partial charge in [-0.3, -0.25) is 9.88 Å². The summed E-state index contributed by atoms with van der Waals surface area (Å²) in [6.45, 7) is 0. The number of rotatable bonds is 4. The summed E-state index contributed by atoms with van der Waals surface area (Å²) in [4.78, 5) is 13.3. The second kappa shape index (κ2) is 12.5. The average Bonchev–Trinajstić information content (AvgIpc) is 3.64. The maximum absolute atomic E-state index is 5.68. The number of nitrogens with one attached hydrogen (secondary N) is 1. The molecule has 5 heteroatoms. The Labute approximate surface area is 317 Å². The topological polar surface area (TPSA) is 40.5 Å². The molecule has 9 aromatic rings. The van der Waals surface area contributed by atoms with Gasteiger partial charge >= 0.3 is 0 Å². The van der Waals surface area contributed by atoms with Crippen molar-refractivity contribution in [3.05, 3.63) is 191 Å². The summed E-state index contributed by atoms with van der Waals surface area (Å²) in [5.74, 6) is 1.03. The van der Waals surface area contributed by atoms with E-state index < -0.39 is 0 Å². The minimum absolute atomic E-state index is 0.130. The van der Waals surface area contributed by atoms with Gasteiger partial charge in [0.1, 0.15) is 18.2 Å². The third-order valence-corrected chi connectivity index (χ3v) is 12.7. The van der Waals surface area contributed by atoms with Gasteiger partial charge in [0.2, 0.25) is 0 Å². The molecule has 1 aliphatic heterocycles. The van der Waals surface area contributed by atoms with E-state index in [0.29, 0.717) is 0 Å². The highest BCUT2D eigenvalue weighted by Gasteiger charge is 2.34. The molecule has 4 nitrogen and oxygen atoms in total. The molecule has 3 unspecified atom stereocenters. The van der Waals surface area contributed by atoms with E-state index >= 15 is 0 Å². The number of nitrogens with zero attached hydrogens (tertiary/aromatic N) is 3. The summed E-state index contributed by atoms with van der Waals surface area (Å²) in [5, 5.41) is 12.9. The third kappa shape index (κ3) is 4.86. The minimum Gasteiger partial charge on any atom is -0.350 e. The lowest BCUT2D eigenvalue weighted by molar-refractivity contribution is 0.153. The Morgan fingerprint density at radius 1 is 0.648 bits per heavy atom. The van der Waals surface area contributed by atoms with E-state index in [1.165, 1.54) is 63.8 Å². The fourth-order valence-corrected chi connectivity index (χ4v) is 10.3. The van der Waals surface area contributed by atoms with E-state index in [9.17, 15) is 0 Å². The van der Waals surface area contributed by atoms with Crippen LogP contribution in [-0.4, -0.2) is 22.8 Å². The molecule has 0 saturated heterocycles. The molecule has 0 amide bonds. The SMILES string of the molecule is CN1C(c2ccccc2)N=C(c2ccccc2)NC1c1cccc2nc(C3C=Cc4c(c5ccccc5c5ccccc45)C3)c3c4ccccc4sc3c12. The summed E-state index contributed by atoms with van der Waals surface area (Å²) in [7, 11) is 2.18. The number of thiophene rings is 1. The average molecular weight is 713 g/mol.